The summed E-state index contributed by atoms with van der Waals surface area (Å²) in [6, 6.07) is 9.54. The summed E-state index contributed by atoms with van der Waals surface area (Å²) in [7, 11) is 0. The molecule has 4 N–H and O–H groups in total. The number of aromatic carboxylic acids is 1. The number of carbonyl (C=O) groups is 1. The summed E-state index contributed by atoms with van der Waals surface area (Å²) >= 11 is 0. The Balaban J connectivity index is 1.22. The number of ether oxygens (including phenoxy) is 1. The van der Waals surface area contributed by atoms with Gasteiger partial charge in [-0.05, 0) is 78.4 Å². The third-order valence-corrected chi connectivity index (χ3v) is 6.85. The minimum Gasteiger partial charge on any atom is -0.475 e. The summed E-state index contributed by atoms with van der Waals surface area (Å²) in [5.41, 5.74) is 11.2. The Bertz CT molecular complexity index is 1710. The molecule has 0 spiro atoms. The van der Waals surface area contributed by atoms with Crippen molar-refractivity contribution in [2.24, 2.45) is 0 Å². The lowest BCUT2D eigenvalue weighted by Crippen LogP contribution is -2.11. The van der Waals surface area contributed by atoms with E-state index in [4.69, 9.17) is 10.5 Å². The number of anilines is 2. The van der Waals surface area contributed by atoms with Crippen LogP contribution in [0.1, 0.15) is 57.5 Å². The number of aryl methyl sites for hydroxylation is 2. The van der Waals surface area contributed by atoms with Crippen LogP contribution in [0.3, 0.4) is 0 Å². The van der Waals surface area contributed by atoms with E-state index in [9.17, 15) is 9.90 Å². The number of carboxylic acids is 1. The van der Waals surface area contributed by atoms with Gasteiger partial charge in [0.1, 0.15) is 11.6 Å². The Morgan fingerprint density at radius 1 is 1.16 bits per heavy atom. The number of benzene rings is 1. The number of fused-ring (bicyclic) bond motifs is 2. The van der Waals surface area contributed by atoms with E-state index < -0.39 is 5.97 Å². The molecule has 192 valence electrons. The van der Waals surface area contributed by atoms with Crippen LogP contribution in [0.2, 0.25) is 0 Å². The first kappa shape index (κ1) is 23.6. The van der Waals surface area contributed by atoms with Crippen molar-refractivity contribution in [3.63, 3.8) is 0 Å². The Morgan fingerprint density at radius 3 is 2.79 bits per heavy atom. The van der Waals surface area contributed by atoms with Crippen LogP contribution in [0, 0.1) is 13.8 Å². The van der Waals surface area contributed by atoms with Gasteiger partial charge in [-0.3, -0.25) is 0 Å². The number of hydrogen-bond donors (Lipinski definition) is 3. The van der Waals surface area contributed by atoms with Crippen molar-refractivity contribution in [2.75, 3.05) is 11.1 Å². The minimum atomic E-state index is -1.25. The number of nitrogens with zero attached hydrogens (tertiary/aromatic N) is 6. The van der Waals surface area contributed by atoms with Crippen LogP contribution in [0.4, 0.5) is 11.6 Å². The number of aromatic nitrogens is 6. The quantitative estimate of drug-likeness (QED) is 0.279. The second-order valence-electron chi connectivity index (χ2n) is 9.52. The van der Waals surface area contributed by atoms with E-state index in [1.165, 1.54) is 18.4 Å². The van der Waals surface area contributed by atoms with Gasteiger partial charge >= 0.3 is 5.97 Å². The molecule has 0 radical (unpaired) electrons. The Kier molecular flexibility index (Phi) is 5.74. The second kappa shape index (κ2) is 9.25. The smallest absolute Gasteiger partial charge is 0.374 e. The van der Waals surface area contributed by atoms with Gasteiger partial charge in [0.25, 0.3) is 0 Å². The molecule has 1 saturated carbocycles. The van der Waals surface area contributed by atoms with Crippen LogP contribution in [0.15, 0.2) is 42.7 Å². The first-order valence-electron chi connectivity index (χ1n) is 12.3. The normalized spacial score (nSPS) is 13.2. The van der Waals surface area contributed by atoms with Gasteiger partial charge < -0.3 is 20.9 Å². The largest absolute Gasteiger partial charge is 0.475 e. The molecule has 0 amide bonds. The number of carboxylic acid groups (broad SMARTS) is 1. The van der Waals surface area contributed by atoms with Crippen molar-refractivity contribution in [1.29, 1.82) is 0 Å². The molecule has 4 aromatic heterocycles. The van der Waals surface area contributed by atoms with E-state index >= 15 is 0 Å². The molecule has 11 heteroatoms. The standard InChI is InChI=1S/C27H26N8O3/c1-14-9-19-18(7-8-29-25(19)28)15(2)20(14)11-30-21-10-24(33-26(32-21)27(36)37)38-13-22-31-23-6-5-17(16-3-4-16)12-35(23)34-22/h5-10,12,16H,3-4,11,13H2,1-2H3,(H2,28,29)(H,36,37)(H,30,32,33). The van der Waals surface area contributed by atoms with Gasteiger partial charge in [-0.25, -0.2) is 24.3 Å². The highest BCUT2D eigenvalue weighted by molar-refractivity contribution is 5.94. The molecule has 1 aliphatic carbocycles. The molecule has 0 saturated heterocycles. The summed E-state index contributed by atoms with van der Waals surface area (Å²) in [5, 5.41) is 19.2. The van der Waals surface area contributed by atoms with Gasteiger partial charge in [0.05, 0.1) is 0 Å². The number of nitrogen functional groups attached to an aromatic ring is 1. The Labute approximate surface area is 217 Å². The topological polar surface area (TPSA) is 153 Å². The van der Waals surface area contributed by atoms with E-state index in [2.05, 4.69) is 36.4 Å². The minimum absolute atomic E-state index is 0.0360. The molecule has 1 aliphatic rings. The lowest BCUT2D eigenvalue weighted by molar-refractivity contribution is 0.0682. The van der Waals surface area contributed by atoms with E-state index in [0.717, 1.165) is 33.1 Å². The number of nitrogens with two attached hydrogens (primary N) is 1. The fourth-order valence-corrected chi connectivity index (χ4v) is 4.67. The molecule has 11 nitrogen and oxygen atoms in total. The van der Waals surface area contributed by atoms with Crippen LogP contribution in [0.25, 0.3) is 16.4 Å². The van der Waals surface area contributed by atoms with E-state index in [1.54, 1.807) is 16.8 Å². The number of rotatable bonds is 8. The van der Waals surface area contributed by atoms with E-state index in [-0.39, 0.29) is 18.3 Å². The van der Waals surface area contributed by atoms with Gasteiger partial charge in [-0.1, -0.05) is 6.07 Å². The third kappa shape index (κ3) is 4.54. The van der Waals surface area contributed by atoms with Crippen molar-refractivity contribution < 1.29 is 14.6 Å². The maximum atomic E-state index is 11.7. The van der Waals surface area contributed by atoms with Crippen molar-refractivity contribution >= 4 is 34.0 Å². The van der Waals surface area contributed by atoms with Crippen LogP contribution in [0.5, 0.6) is 5.88 Å². The molecule has 0 aliphatic heterocycles. The number of nitrogens with one attached hydrogen (secondary N) is 1. The van der Waals surface area contributed by atoms with Gasteiger partial charge in [0.15, 0.2) is 18.1 Å². The van der Waals surface area contributed by atoms with Crippen LogP contribution in [-0.2, 0) is 13.2 Å². The Hall–Kier alpha value is -4.80. The zero-order chi connectivity index (χ0) is 26.4. The molecule has 1 fully saturated rings. The Morgan fingerprint density at radius 2 is 2.00 bits per heavy atom. The highest BCUT2D eigenvalue weighted by atomic mass is 16.5. The summed E-state index contributed by atoms with van der Waals surface area (Å²) in [6.45, 7) is 4.48. The zero-order valence-corrected chi connectivity index (χ0v) is 21.0. The predicted octanol–water partition coefficient (Wildman–Crippen LogP) is 4.03. The zero-order valence-electron chi connectivity index (χ0n) is 21.0. The van der Waals surface area contributed by atoms with Crippen molar-refractivity contribution in [3.05, 3.63) is 76.6 Å². The molecule has 0 atom stereocenters. The molecular weight excluding hydrogens is 484 g/mol. The molecule has 1 aromatic carbocycles. The van der Waals surface area contributed by atoms with Gasteiger partial charge in [0.2, 0.25) is 11.7 Å². The average Bonchev–Trinajstić information content (AvgIpc) is 3.67. The molecule has 0 bridgehead atoms. The maximum absolute atomic E-state index is 11.7. The second-order valence-corrected chi connectivity index (χ2v) is 9.52. The molecular formula is C27H26N8O3. The van der Waals surface area contributed by atoms with Crippen LogP contribution in [-0.4, -0.2) is 40.6 Å². The van der Waals surface area contributed by atoms with Crippen molar-refractivity contribution in [1.82, 2.24) is 29.5 Å². The molecule has 0 unspecified atom stereocenters. The lowest BCUT2D eigenvalue weighted by atomic mass is 9.96. The summed E-state index contributed by atoms with van der Waals surface area (Å²) < 4.78 is 7.55. The van der Waals surface area contributed by atoms with Gasteiger partial charge in [-0.2, -0.15) is 4.98 Å². The average molecular weight is 511 g/mol. The van der Waals surface area contributed by atoms with E-state index in [0.29, 0.717) is 29.9 Å². The summed E-state index contributed by atoms with van der Waals surface area (Å²) in [5.74, 6) is 0.396. The summed E-state index contributed by atoms with van der Waals surface area (Å²) in [4.78, 5) is 28.5. The van der Waals surface area contributed by atoms with Crippen molar-refractivity contribution in [3.8, 4) is 5.88 Å². The first-order chi connectivity index (χ1) is 18.4. The molecule has 5 aromatic rings. The molecule has 6 rings (SSSR count). The molecule has 38 heavy (non-hydrogen) atoms. The summed E-state index contributed by atoms with van der Waals surface area (Å²) in [6.07, 6.45) is 6.10. The fourth-order valence-electron chi connectivity index (χ4n) is 4.67. The highest BCUT2D eigenvalue weighted by Gasteiger charge is 2.24. The monoisotopic (exact) mass is 510 g/mol. The molecule has 4 heterocycles. The number of pyridine rings is 2. The van der Waals surface area contributed by atoms with Crippen LogP contribution < -0.4 is 15.8 Å². The number of hydrogen-bond acceptors (Lipinski definition) is 9. The maximum Gasteiger partial charge on any atom is 0.374 e. The predicted molar refractivity (Wildman–Crippen MR) is 141 cm³/mol. The SMILES string of the molecule is Cc1cc2c(N)nccc2c(C)c1CNc1cc(OCc2nc3ccc(C4CC4)cn3n2)nc(C(=O)O)n1. The van der Waals surface area contributed by atoms with E-state index in [1.807, 2.05) is 38.2 Å². The van der Waals surface area contributed by atoms with Crippen molar-refractivity contribution in [2.45, 2.75) is 45.8 Å². The van der Waals surface area contributed by atoms with Gasteiger partial charge in [0, 0.05) is 30.4 Å². The fraction of sp³-hybridized carbons (Fsp3) is 0.259. The highest BCUT2D eigenvalue weighted by Crippen LogP contribution is 2.39. The third-order valence-electron chi connectivity index (χ3n) is 6.85. The first-order valence-corrected chi connectivity index (χ1v) is 12.3. The van der Waals surface area contributed by atoms with Crippen LogP contribution >= 0.6 is 0 Å². The lowest BCUT2D eigenvalue weighted by Gasteiger charge is -2.15. The van der Waals surface area contributed by atoms with Gasteiger partial charge in [-0.15, -0.1) is 5.10 Å².